The van der Waals surface area contributed by atoms with Crippen LogP contribution in [0.4, 0.5) is 34.1 Å². The highest BCUT2D eigenvalue weighted by Gasteiger charge is 2.47. The molecular weight excluding hydrogens is 699 g/mol. The molecule has 0 bridgehead atoms. The van der Waals surface area contributed by atoms with Crippen molar-refractivity contribution in [1.29, 1.82) is 0 Å². The molecule has 1 aromatic heterocycles. The SMILES string of the molecule is Cc1cc2c3c(c1)N(c1c(C)cc4c(c1C)OCO4)c1c(sc4ccc(C(C)(C)C)cc14)B3c1cc3c(cc1N2c1c(C)cc(C(C)(C)C)cc1C)OCO3. The average molecular weight is 747 g/mol. The lowest BCUT2D eigenvalue weighted by atomic mass is 9.36. The molecular formula is C47H47BN2O4S. The van der Waals surface area contributed by atoms with Crippen LogP contribution in [-0.4, -0.2) is 20.3 Å². The fourth-order valence-corrected chi connectivity index (χ4v) is 10.7. The maximum Gasteiger partial charge on any atom is 0.264 e. The minimum Gasteiger partial charge on any atom is -0.454 e. The molecule has 6 aromatic rings. The monoisotopic (exact) mass is 746 g/mol. The van der Waals surface area contributed by atoms with Crippen molar-refractivity contribution in [3.8, 4) is 23.0 Å². The van der Waals surface area contributed by atoms with Gasteiger partial charge in [-0.3, -0.25) is 0 Å². The van der Waals surface area contributed by atoms with Gasteiger partial charge in [-0.15, -0.1) is 11.3 Å². The number of benzene rings is 5. The zero-order valence-corrected chi connectivity index (χ0v) is 34.5. The number of anilines is 6. The number of aryl methyl sites for hydroxylation is 4. The third kappa shape index (κ3) is 4.92. The highest BCUT2D eigenvalue weighted by atomic mass is 32.1. The number of hydrogen-bond acceptors (Lipinski definition) is 7. The molecule has 0 fully saturated rings. The summed E-state index contributed by atoms with van der Waals surface area (Å²) in [6, 6.07) is 23.3. The van der Waals surface area contributed by atoms with Crippen molar-refractivity contribution in [1.82, 2.24) is 0 Å². The molecule has 0 aliphatic carbocycles. The summed E-state index contributed by atoms with van der Waals surface area (Å²) in [4.78, 5) is 5.08. The highest BCUT2D eigenvalue weighted by Crippen LogP contribution is 2.54. The van der Waals surface area contributed by atoms with Crippen molar-refractivity contribution in [2.75, 3.05) is 23.4 Å². The normalized spacial score (nSPS) is 15.1. The van der Waals surface area contributed by atoms with Gasteiger partial charge in [0.1, 0.15) is 0 Å². The Balaban J connectivity index is 1.35. The number of rotatable bonds is 2. The second-order valence-electron chi connectivity index (χ2n) is 18.0. The van der Waals surface area contributed by atoms with Crippen LogP contribution in [-0.2, 0) is 10.8 Å². The summed E-state index contributed by atoms with van der Waals surface area (Å²) >= 11 is 1.91. The van der Waals surface area contributed by atoms with Crippen molar-refractivity contribution in [2.24, 2.45) is 0 Å². The van der Waals surface area contributed by atoms with Gasteiger partial charge < -0.3 is 28.7 Å². The molecule has 0 atom stereocenters. The third-order valence-corrected chi connectivity index (χ3v) is 13.3. The van der Waals surface area contributed by atoms with Gasteiger partial charge in [-0.2, -0.15) is 0 Å². The molecule has 0 saturated heterocycles. The van der Waals surface area contributed by atoms with E-state index >= 15 is 0 Å². The van der Waals surface area contributed by atoms with Gasteiger partial charge in [0.2, 0.25) is 13.6 Å². The Labute approximate surface area is 328 Å². The summed E-state index contributed by atoms with van der Waals surface area (Å²) in [7, 11) is 0. The highest BCUT2D eigenvalue weighted by molar-refractivity contribution is 7.33. The van der Waals surface area contributed by atoms with Gasteiger partial charge in [-0.1, -0.05) is 59.7 Å². The van der Waals surface area contributed by atoms with Crippen molar-refractivity contribution in [3.05, 3.63) is 99.6 Å². The summed E-state index contributed by atoms with van der Waals surface area (Å²) in [6.45, 7) is 25.4. The first-order valence-corrected chi connectivity index (χ1v) is 20.2. The quantitative estimate of drug-likeness (QED) is 0.164. The van der Waals surface area contributed by atoms with Crippen LogP contribution in [0.5, 0.6) is 23.0 Å². The van der Waals surface area contributed by atoms with Gasteiger partial charge in [0.15, 0.2) is 23.0 Å². The Hall–Kier alpha value is -5.08. The van der Waals surface area contributed by atoms with Crippen molar-refractivity contribution < 1.29 is 18.9 Å². The first-order chi connectivity index (χ1) is 26.1. The smallest absolute Gasteiger partial charge is 0.264 e. The van der Waals surface area contributed by atoms with Crippen molar-refractivity contribution in [2.45, 2.75) is 87.0 Å². The van der Waals surface area contributed by atoms with E-state index in [-0.39, 0.29) is 31.1 Å². The zero-order chi connectivity index (χ0) is 38.5. The lowest BCUT2D eigenvalue weighted by Crippen LogP contribution is -2.60. The van der Waals surface area contributed by atoms with E-state index in [9.17, 15) is 0 Å². The molecule has 0 radical (unpaired) electrons. The van der Waals surface area contributed by atoms with E-state index in [2.05, 4.69) is 147 Å². The summed E-state index contributed by atoms with van der Waals surface area (Å²) in [5.41, 5.74) is 18.2. The number of nitrogens with zero attached hydrogens (tertiary/aromatic N) is 2. The first kappa shape index (κ1) is 34.4. The summed E-state index contributed by atoms with van der Waals surface area (Å²) in [5.74, 6) is 3.23. The predicted octanol–water partition coefficient (Wildman–Crippen LogP) is 10.6. The third-order valence-electron chi connectivity index (χ3n) is 12.0. The molecule has 0 N–H and O–H groups in total. The molecule has 8 heteroatoms. The molecule has 5 aromatic carbocycles. The van der Waals surface area contributed by atoms with Gasteiger partial charge >= 0.3 is 0 Å². The Morgan fingerprint density at radius 2 is 1.20 bits per heavy atom. The van der Waals surface area contributed by atoms with Crippen LogP contribution < -0.4 is 44.4 Å². The Morgan fingerprint density at radius 1 is 0.582 bits per heavy atom. The second-order valence-corrected chi connectivity index (χ2v) is 19.1. The van der Waals surface area contributed by atoms with Gasteiger partial charge in [0.25, 0.3) is 6.71 Å². The van der Waals surface area contributed by atoms with Crippen LogP contribution in [0.1, 0.15) is 80.5 Å². The molecule has 6 nitrogen and oxygen atoms in total. The summed E-state index contributed by atoms with van der Waals surface area (Å²) < 4.78 is 27.0. The lowest BCUT2D eigenvalue weighted by Gasteiger charge is -2.44. The molecule has 0 spiro atoms. The number of thiophene rings is 1. The van der Waals surface area contributed by atoms with Crippen LogP contribution in [0.2, 0.25) is 0 Å². The fourth-order valence-electron chi connectivity index (χ4n) is 9.39. The van der Waals surface area contributed by atoms with Crippen LogP contribution in [0.3, 0.4) is 0 Å². The van der Waals surface area contributed by atoms with Crippen LogP contribution in [0, 0.1) is 34.6 Å². The zero-order valence-electron chi connectivity index (χ0n) is 33.7. The van der Waals surface area contributed by atoms with Gasteiger partial charge in [0.05, 0.1) is 17.1 Å². The van der Waals surface area contributed by atoms with Crippen molar-refractivity contribution >= 4 is 78.0 Å². The Bertz CT molecular complexity index is 2640. The second kappa shape index (κ2) is 11.5. The average Bonchev–Trinajstić information content (AvgIpc) is 3.86. The minimum absolute atomic E-state index is 0.0111. The Kier molecular flexibility index (Phi) is 7.19. The van der Waals surface area contributed by atoms with E-state index in [1.54, 1.807) is 0 Å². The minimum atomic E-state index is -0.0304. The number of ether oxygens (including phenoxy) is 4. The number of fused-ring (bicyclic) bond motifs is 8. The molecule has 0 amide bonds. The molecule has 5 heterocycles. The van der Waals surface area contributed by atoms with Crippen LogP contribution in [0.25, 0.3) is 10.1 Å². The Morgan fingerprint density at radius 3 is 1.89 bits per heavy atom. The summed E-state index contributed by atoms with van der Waals surface area (Å²) in [5, 5.41) is 1.27. The van der Waals surface area contributed by atoms with E-state index in [4.69, 9.17) is 18.9 Å². The molecule has 4 aliphatic rings. The topological polar surface area (TPSA) is 43.4 Å². The van der Waals surface area contributed by atoms with Gasteiger partial charge in [0, 0.05) is 43.6 Å². The predicted molar refractivity (Wildman–Crippen MR) is 229 cm³/mol. The largest absolute Gasteiger partial charge is 0.454 e. The maximum absolute atomic E-state index is 6.17. The number of hydrogen-bond donors (Lipinski definition) is 0. The lowest BCUT2D eigenvalue weighted by molar-refractivity contribution is 0.173. The molecule has 0 saturated carbocycles. The van der Waals surface area contributed by atoms with Gasteiger partial charge in [-0.25, -0.2) is 0 Å². The molecule has 4 aliphatic heterocycles. The van der Waals surface area contributed by atoms with Crippen molar-refractivity contribution in [3.63, 3.8) is 0 Å². The summed E-state index contributed by atoms with van der Waals surface area (Å²) in [6.07, 6.45) is 0. The van der Waals surface area contributed by atoms with Crippen LogP contribution in [0.15, 0.2) is 60.7 Å². The van der Waals surface area contributed by atoms with Crippen LogP contribution >= 0.6 is 11.3 Å². The molecule has 278 valence electrons. The first-order valence-electron chi connectivity index (χ1n) is 19.4. The van der Waals surface area contributed by atoms with E-state index < -0.39 is 0 Å². The van der Waals surface area contributed by atoms with E-state index in [0.29, 0.717) is 0 Å². The molecule has 10 rings (SSSR count). The molecule has 0 unspecified atom stereocenters. The van der Waals surface area contributed by atoms with E-state index in [0.717, 1.165) is 45.5 Å². The standard InChI is InChI=1S/C47H47BN2O4S/c1-24-14-34-40-35(15-24)50(42-27(4)18-38-44(28(42)5)54-23-53-38)43-31-19-29(46(6,7)8)12-13-39(31)55-45(43)48(40)32-20-36-37(52-22-51-36)21-33(32)49(34)41-25(2)16-30(17-26(41)3)47(9,10)11/h12-21H,22-23H2,1-11H3. The van der Waals surface area contributed by atoms with E-state index in [1.165, 1.54) is 76.4 Å². The molecule has 55 heavy (non-hydrogen) atoms. The fraction of sp³-hybridized carbons (Fsp3) is 0.319. The van der Waals surface area contributed by atoms with E-state index in [1.807, 2.05) is 11.3 Å². The maximum atomic E-state index is 6.17. The van der Waals surface area contributed by atoms with Gasteiger partial charge in [-0.05, 0) is 126 Å².